The Kier molecular flexibility index (Phi) is 11.4. The Morgan fingerprint density at radius 1 is 0.735 bits per heavy atom. The molecule has 1 aliphatic carbocycles. The molecule has 9 heteroatoms. The van der Waals surface area contributed by atoms with Crippen LogP contribution in [0.15, 0.2) is 72.8 Å². The molecule has 49 heavy (non-hydrogen) atoms. The number of anilines is 1. The summed E-state index contributed by atoms with van der Waals surface area (Å²) in [6.07, 6.45) is 6.23. The van der Waals surface area contributed by atoms with Gasteiger partial charge in [0.15, 0.2) is 0 Å². The SMILES string of the molecule is CCC1CN(C2CC2)CCCN(c2nc(CN3CCN(C(c4ccc(Cl)cc4)c4ccc(Cl)cc4)CC3)nc3ccccc23)CCCN1C. The molecule has 0 bridgehead atoms. The summed E-state index contributed by atoms with van der Waals surface area (Å²) in [4.78, 5) is 23.5. The van der Waals surface area contributed by atoms with Gasteiger partial charge in [-0.05, 0) is 93.2 Å². The van der Waals surface area contributed by atoms with Gasteiger partial charge in [-0.25, -0.2) is 9.97 Å². The fourth-order valence-electron chi connectivity index (χ4n) is 7.90. The third kappa shape index (κ3) is 8.58. The smallest absolute Gasteiger partial charge is 0.145 e. The van der Waals surface area contributed by atoms with E-state index in [0.29, 0.717) is 6.04 Å². The lowest BCUT2D eigenvalue weighted by Crippen LogP contribution is -2.47. The number of hydrogen-bond acceptors (Lipinski definition) is 7. The number of hydrogen-bond donors (Lipinski definition) is 0. The molecule has 1 atom stereocenters. The second-order valence-corrected chi connectivity index (χ2v) is 15.1. The zero-order chi connectivity index (χ0) is 33.7. The minimum atomic E-state index is 0.146. The number of likely N-dealkylation sites (N-methyl/N-ethyl adjacent to an activating group) is 1. The summed E-state index contributed by atoms with van der Waals surface area (Å²) in [6, 6.07) is 26.7. The molecule has 7 nitrogen and oxygen atoms in total. The number of rotatable bonds is 8. The first kappa shape index (κ1) is 34.7. The van der Waals surface area contributed by atoms with Gasteiger partial charge in [0.1, 0.15) is 11.6 Å². The van der Waals surface area contributed by atoms with Gasteiger partial charge in [-0.15, -0.1) is 0 Å². The zero-order valence-corrected chi connectivity index (χ0v) is 30.7. The Morgan fingerprint density at radius 3 is 2.00 bits per heavy atom. The number of piperazine rings is 1. The quantitative estimate of drug-likeness (QED) is 0.188. The van der Waals surface area contributed by atoms with Gasteiger partial charge >= 0.3 is 0 Å². The molecule has 0 amide bonds. The Morgan fingerprint density at radius 2 is 1.37 bits per heavy atom. The maximum atomic E-state index is 6.28. The van der Waals surface area contributed by atoms with Gasteiger partial charge in [0.25, 0.3) is 0 Å². The molecule has 260 valence electrons. The molecule has 3 aliphatic rings. The van der Waals surface area contributed by atoms with E-state index in [9.17, 15) is 0 Å². The lowest BCUT2D eigenvalue weighted by Gasteiger charge is -2.39. The van der Waals surface area contributed by atoms with Crippen LogP contribution < -0.4 is 4.90 Å². The summed E-state index contributed by atoms with van der Waals surface area (Å²) >= 11 is 12.6. The van der Waals surface area contributed by atoms with Crippen molar-refractivity contribution in [2.75, 3.05) is 70.9 Å². The van der Waals surface area contributed by atoms with E-state index in [2.05, 4.69) is 87.0 Å². The minimum absolute atomic E-state index is 0.146. The minimum Gasteiger partial charge on any atom is -0.356 e. The highest BCUT2D eigenvalue weighted by Gasteiger charge is 2.32. The topological polar surface area (TPSA) is 42.0 Å². The van der Waals surface area contributed by atoms with E-state index in [1.807, 2.05) is 24.3 Å². The van der Waals surface area contributed by atoms with Gasteiger partial charge in [-0.2, -0.15) is 0 Å². The summed E-state index contributed by atoms with van der Waals surface area (Å²) in [7, 11) is 2.33. The Balaban J connectivity index is 1.08. The highest BCUT2D eigenvalue weighted by atomic mass is 35.5. The maximum Gasteiger partial charge on any atom is 0.145 e. The predicted molar refractivity (Wildman–Crippen MR) is 204 cm³/mol. The summed E-state index contributed by atoms with van der Waals surface area (Å²) < 4.78 is 0. The maximum absolute atomic E-state index is 6.28. The molecule has 1 aromatic heterocycles. The van der Waals surface area contributed by atoms with Crippen molar-refractivity contribution in [2.24, 2.45) is 0 Å². The first-order chi connectivity index (χ1) is 23.9. The molecule has 3 heterocycles. The van der Waals surface area contributed by atoms with Gasteiger partial charge < -0.3 is 9.80 Å². The van der Waals surface area contributed by atoms with Crippen LogP contribution >= 0.6 is 23.2 Å². The molecule has 3 fully saturated rings. The second-order valence-electron chi connectivity index (χ2n) is 14.3. The van der Waals surface area contributed by atoms with Crippen molar-refractivity contribution < 1.29 is 0 Å². The van der Waals surface area contributed by atoms with Crippen molar-refractivity contribution in [3.8, 4) is 0 Å². The Bertz CT molecular complexity index is 1610. The number of halogens is 2. The largest absolute Gasteiger partial charge is 0.356 e. The van der Waals surface area contributed by atoms with Crippen LogP contribution in [0.1, 0.15) is 62.0 Å². The molecule has 3 aromatic carbocycles. The van der Waals surface area contributed by atoms with Crippen molar-refractivity contribution in [1.82, 2.24) is 29.6 Å². The monoisotopic (exact) mass is 699 g/mol. The van der Waals surface area contributed by atoms with E-state index in [-0.39, 0.29) is 6.04 Å². The van der Waals surface area contributed by atoms with Crippen LogP contribution in [0.4, 0.5) is 5.82 Å². The molecule has 1 saturated carbocycles. The summed E-state index contributed by atoms with van der Waals surface area (Å²) in [5.41, 5.74) is 3.54. The van der Waals surface area contributed by atoms with Gasteiger partial charge in [0.2, 0.25) is 0 Å². The molecular weight excluding hydrogens is 649 g/mol. The second kappa shape index (κ2) is 16.1. The third-order valence-corrected chi connectivity index (χ3v) is 11.4. The van der Waals surface area contributed by atoms with Crippen LogP contribution in [0.2, 0.25) is 10.0 Å². The van der Waals surface area contributed by atoms with Crippen molar-refractivity contribution in [1.29, 1.82) is 0 Å². The number of aromatic nitrogens is 2. The molecule has 2 saturated heterocycles. The van der Waals surface area contributed by atoms with E-state index in [1.54, 1.807) is 0 Å². The standard InChI is InChI=1S/C40H51Cl2N7/c1-3-34-28-49(35-18-19-35)23-7-22-48(21-6-20-45(34)2)40-36-8-4-5-9-37(36)43-38(44-40)29-46-24-26-47(27-25-46)39(30-10-14-32(41)15-11-30)31-12-16-33(42)17-13-31/h4-5,8-17,34-35,39H,3,6-7,18-29H2,1-2H3. The van der Waals surface area contributed by atoms with Gasteiger partial charge in [-0.3, -0.25) is 14.7 Å². The van der Waals surface area contributed by atoms with Crippen molar-refractivity contribution in [2.45, 2.75) is 63.7 Å². The molecule has 1 unspecified atom stereocenters. The lowest BCUT2D eigenvalue weighted by atomic mass is 9.96. The average molecular weight is 701 g/mol. The van der Waals surface area contributed by atoms with Crippen LogP contribution in [-0.2, 0) is 6.54 Å². The third-order valence-electron chi connectivity index (χ3n) is 10.9. The van der Waals surface area contributed by atoms with Gasteiger partial charge in [-0.1, -0.05) is 66.5 Å². The fourth-order valence-corrected chi connectivity index (χ4v) is 8.15. The first-order valence-electron chi connectivity index (χ1n) is 18.4. The lowest BCUT2D eigenvalue weighted by molar-refractivity contribution is 0.103. The van der Waals surface area contributed by atoms with Crippen molar-refractivity contribution >= 4 is 39.9 Å². The van der Waals surface area contributed by atoms with Crippen LogP contribution in [0.5, 0.6) is 0 Å². The van der Waals surface area contributed by atoms with E-state index >= 15 is 0 Å². The van der Waals surface area contributed by atoms with Crippen LogP contribution in [0.25, 0.3) is 10.9 Å². The van der Waals surface area contributed by atoms with Crippen LogP contribution in [0, 0.1) is 0 Å². The highest BCUT2D eigenvalue weighted by molar-refractivity contribution is 6.30. The average Bonchev–Trinajstić information content (AvgIpc) is 3.97. The number of fused-ring (bicyclic) bond motifs is 1. The molecule has 0 N–H and O–H groups in total. The van der Waals surface area contributed by atoms with Gasteiger partial charge in [0, 0.05) is 79.9 Å². The Hall–Kier alpha value is -2.78. The molecule has 7 rings (SSSR count). The summed E-state index contributed by atoms with van der Waals surface area (Å²) in [5, 5.41) is 2.68. The number of nitrogens with zero attached hydrogens (tertiary/aromatic N) is 7. The first-order valence-corrected chi connectivity index (χ1v) is 19.1. The molecular formula is C40H51Cl2N7. The van der Waals surface area contributed by atoms with Gasteiger partial charge in [0.05, 0.1) is 18.1 Å². The van der Waals surface area contributed by atoms with Crippen molar-refractivity contribution in [3.05, 3.63) is 99.8 Å². The predicted octanol–water partition coefficient (Wildman–Crippen LogP) is 7.62. The van der Waals surface area contributed by atoms with E-state index in [4.69, 9.17) is 33.2 Å². The summed E-state index contributed by atoms with van der Waals surface area (Å²) in [5.74, 6) is 2.03. The van der Waals surface area contributed by atoms with E-state index < -0.39 is 0 Å². The molecule has 4 aromatic rings. The van der Waals surface area contributed by atoms with E-state index in [0.717, 1.165) is 98.4 Å². The van der Waals surface area contributed by atoms with Crippen LogP contribution in [-0.4, -0.2) is 108 Å². The fraction of sp³-hybridized carbons (Fsp3) is 0.500. The number of benzene rings is 3. The number of para-hydroxylation sites is 1. The normalized spacial score (nSPS) is 21.3. The van der Waals surface area contributed by atoms with Crippen molar-refractivity contribution in [3.63, 3.8) is 0 Å². The van der Waals surface area contributed by atoms with E-state index in [1.165, 1.54) is 48.9 Å². The highest BCUT2D eigenvalue weighted by Crippen LogP contribution is 2.32. The summed E-state index contributed by atoms with van der Waals surface area (Å²) in [6.45, 7) is 12.4. The molecule has 0 spiro atoms. The zero-order valence-electron chi connectivity index (χ0n) is 29.2. The van der Waals surface area contributed by atoms with Crippen LogP contribution in [0.3, 0.4) is 0 Å². The molecule has 2 aliphatic heterocycles. The molecule has 0 radical (unpaired) electrons. The Labute approximate surface area is 302 Å².